The number of benzene rings is 1. The van der Waals surface area contributed by atoms with Gasteiger partial charge >= 0.3 is 0 Å². The summed E-state index contributed by atoms with van der Waals surface area (Å²) in [7, 11) is 1.74. The fraction of sp³-hybridized carbons (Fsp3) is 0.533. The van der Waals surface area contributed by atoms with Crippen LogP contribution in [-0.4, -0.2) is 32.3 Å². The molecule has 0 amide bonds. The Morgan fingerprint density at radius 1 is 1.33 bits per heavy atom. The normalized spacial score (nSPS) is 18.2. The number of guanidine groups is 1. The average molecular weight is 407 g/mol. The van der Waals surface area contributed by atoms with Crippen LogP contribution in [0.15, 0.2) is 29.3 Å². The molecule has 1 aliphatic rings. The summed E-state index contributed by atoms with van der Waals surface area (Å²) in [6.07, 6.45) is 3.71. The number of hydrogen-bond acceptors (Lipinski definition) is 2. The minimum absolute atomic E-state index is 0. The van der Waals surface area contributed by atoms with Crippen molar-refractivity contribution in [3.05, 3.63) is 35.6 Å². The molecule has 1 aliphatic heterocycles. The molecule has 2 rings (SSSR count). The van der Waals surface area contributed by atoms with Crippen molar-refractivity contribution in [3.63, 3.8) is 0 Å². The Labute approximate surface area is 142 Å². The number of aliphatic imine (C=N–C) groups is 1. The second-order valence-electron chi connectivity index (χ2n) is 4.90. The van der Waals surface area contributed by atoms with Crippen molar-refractivity contribution < 1.29 is 9.13 Å². The van der Waals surface area contributed by atoms with Gasteiger partial charge in [-0.2, -0.15) is 0 Å². The topological polar surface area (TPSA) is 45.7 Å². The van der Waals surface area contributed by atoms with E-state index in [1.807, 2.05) is 0 Å². The molecule has 1 saturated heterocycles. The van der Waals surface area contributed by atoms with E-state index in [-0.39, 0.29) is 29.8 Å². The Hall–Kier alpha value is -0.890. The van der Waals surface area contributed by atoms with Crippen LogP contribution in [0.4, 0.5) is 4.39 Å². The largest absolute Gasteiger partial charge is 0.378 e. The zero-order valence-electron chi connectivity index (χ0n) is 12.3. The third kappa shape index (κ3) is 6.60. The second kappa shape index (κ2) is 9.94. The van der Waals surface area contributed by atoms with Crippen molar-refractivity contribution >= 4 is 29.9 Å². The zero-order chi connectivity index (χ0) is 14.2. The first-order valence-corrected chi connectivity index (χ1v) is 7.08. The summed E-state index contributed by atoms with van der Waals surface area (Å²) in [6, 6.07) is 6.46. The molecule has 118 valence electrons. The van der Waals surface area contributed by atoms with Crippen molar-refractivity contribution in [1.29, 1.82) is 0 Å². The highest BCUT2D eigenvalue weighted by Gasteiger charge is 2.14. The first-order chi connectivity index (χ1) is 9.78. The monoisotopic (exact) mass is 407 g/mol. The minimum Gasteiger partial charge on any atom is -0.378 e. The molecule has 1 aromatic rings. The molecule has 0 radical (unpaired) electrons. The summed E-state index contributed by atoms with van der Waals surface area (Å²) in [5, 5.41) is 6.47. The van der Waals surface area contributed by atoms with Crippen molar-refractivity contribution in [3.8, 4) is 0 Å². The van der Waals surface area contributed by atoms with E-state index in [1.54, 1.807) is 19.2 Å². The van der Waals surface area contributed by atoms with Crippen molar-refractivity contribution in [2.24, 2.45) is 4.99 Å². The highest BCUT2D eigenvalue weighted by molar-refractivity contribution is 14.0. The van der Waals surface area contributed by atoms with E-state index in [0.717, 1.165) is 37.5 Å². The summed E-state index contributed by atoms with van der Waals surface area (Å²) < 4.78 is 18.4. The van der Waals surface area contributed by atoms with Crippen LogP contribution in [0.2, 0.25) is 0 Å². The highest BCUT2D eigenvalue weighted by atomic mass is 127. The molecule has 4 nitrogen and oxygen atoms in total. The lowest BCUT2D eigenvalue weighted by molar-refractivity contribution is 0.105. The summed E-state index contributed by atoms with van der Waals surface area (Å²) in [6.45, 7) is 2.36. The maximum absolute atomic E-state index is 12.8. The van der Waals surface area contributed by atoms with Gasteiger partial charge in [-0.25, -0.2) is 4.39 Å². The lowest BCUT2D eigenvalue weighted by Gasteiger charge is -2.14. The predicted octanol–water partition coefficient (Wildman–Crippen LogP) is 2.68. The number of ether oxygens (including phenoxy) is 1. The summed E-state index contributed by atoms with van der Waals surface area (Å²) in [5.41, 5.74) is 1.02. The Morgan fingerprint density at radius 3 is 2.71 bits per heavy atom. The fourth-order valence-corrected chi connectivity index (χ4v) is 2.23. The van der Waals surface area contributed by atoms with Gasteiger partial charge in [-0.15, -0.1) is 24.0 Å². The van der Waals surface area contributed by atoms with Gasteiger partial charge in [-0.05, 0) is 37.0 Å². The van der Waals surface area contributed by atoms with Crippen LogP contribution < -0.4 is 10.6 Å². The standard InChI is InChI=1S/C15H22FN3O.HI/c1-17-15(18-9-8-14-3-2-10-20-14)19-11-12-4-6-13(16)7-5-12;/h4-7,14H,2-3,8-11H2,1H3,(H2,17,18,19);1H. The molecule has 1 unspecified atom stereocenters. The Bertz CT molecular complexity index is 433. The minimum atomic E-state index is -0.215. The van der Waals surface area contributed by atoms with Crippen LogP contribution >= 0.6 is 24.0 Å². The Morgan fingerprint density at radius 2 is 2.10 bits per heavy atom. The first-order valence-electron chi connectivity index (χ1n) is 7.08. The van der Waals surface area contributed by atoms with Crippen LogP contribution in [-0.2, 0) is 11.3 Å². The Kier molecular flexibility index (Phi) is 8.60. The molecule has 0 saturated carbocycles. The second-order valence-corrected chi connectivity index (χ2v) is 4.90. The van der Waals surface area contributed by atoms with E-state index in [2.05, 4.69) is 15.6 Å². The maximum Gasteiger partial charge on any atom is 0.191 e. The molecule has 0 spiro atoms. The summed E-state index contributed by atoms with van der Waals surface area (Å²) in [4.78, 5) is 4.16. The number of rotatable bonds is 5. The van der Waals surface area contributed by atoms with Gasteiger partial charge in [-0.3, -0.25) is 4.99 Å². The maximum atomic E-state index is 12.8. The van der Waals surface area contributed by atoms with Gasteiger partial charge in [-0.1, -0.05) is 12.1 Å². The molecular formula is C15H23FIN3O. The molecule has 0 aromatic heterocycles. The van der Waals surface area contributed by atoms with Gasteiger partial charge in [0.05, 0.1) is 6.10 Å². The van der Waals surface area contributed by atoms with Crippen LogP contribution in [0.5, 0.6) is 0 Å². The molecule has 0 aliphatic carbocycles. The molecule has 1 aromatic carbocycles. The molecule has 2 N–H and O–H groups in total. The molecule has 1 heterocycles. The lowest BCUT2D eigenvalue weighted by atomic mass is 10.2. The van der Waals surface area contributed by atoms with Gasteiger partial charge in [0.15, 0.2) is 5.96 Å². The lowest BCUT2D eigenvalue weighted by Crippen LogP contribution is -2.38. The number of nitrogens with zero attached hydrogens (tertiary/aromatic N) is 1. The van der Waals surface area contributed by atoms with E-state index >= 15 is 0 Å². The summed E-state index contributed by atoms with van der Waals surface area (Å²) >= 11 is 0. The van der Waals surface area contributed by atoms with Crippen LogP contribution in [0.25, 0.3) is 0 Å². The van der Waals surface area contributed by atoms with E-state index in [4.69, 9.17) is 4.74 Å². The Balaban J connectivity index is 0.00000220. The highest BCUT2D eigenvalue weighted by Crippen LogP contribution is 2.14. The van der Waals surface area contributed by atoms with Crippen LogP contribution in [0.3, 0.4) is 0 Å². The molecule has 0 bridgehead atoms. The van der Waals surface area contributed by atoms with E-state index < -0.39 is 0 Å². The third-order valence-corrected chi connectivity index (χ3v) is 3.38. The molecular weight excluding hydrogens is 384 g/mol. The fourth-order valence-electron chi connectivity index (χ4n) is 2.23. The molecule has 1 atom stereocenters. The average Bonchev–Trinajstić information content (AvgIpc) is 2.97. The quantitative estimate of drug-likeness (QED) is 0.448. The molecule has 1 fully saturated rings. The first kappa shape index (κ1) is 18.2. The van der Waals surface area contributed by atoms with Gasteiger partial charge in [0, 0.05) is 26.7 Å². The van der Waals surface area contributed by atoms with Gasteiger partial charge in [0.1, 0.15) is 5.82 Å². The number of nitrogens with one attached hydrogen (secondary N) is 2. The summed E-state index contributed by atoms with van der Waals surface area (Å²) in [5.74, 6) is 0.542. The molecule has 6 heteroatoms. The van der Waals surface area contributed by atoms with Crippen molar-refractivity contribution in [2.45, 2.75) is 31.9 Å². The van der Waals surface area contributed by atoms with Gasteiger partial charge in [0.2, 0.25) is 0 Å². The van der Waals surface area contributed by atoms with Crippen LogP contribution in [0, 0.1) is 5.82 Å². The van der Waals surface area contributed by atoms with Crippen LogP contribution in [0.1, 0.15) is 24.8 Å². The SMILES string of the molecule is CN=C(NCCC1CCCO1)NCc1ccc(F)cc1.I. The van der Waals surface area contributed by atoms with Gasteiger partial charge in [0.25, 0.3) is 0 Å². The van der Waals surface area contributed by atoms with E-state index in [0.29, 0.717) is 12.6 Å². The van der Waals surface area contributed by atoms with E-state index in [9.17, 15) is 4.39 Å². The van der Waals surface area contributed by atoms with E-state index in [1.165, 1.54) is 18.6 Å². The zero-order valence-corrected chi connectivity index (χ0v) is 14.6. The third-order valence-electron chi connectivity index (χ3n) is 3.38. The smallest absolute Gasteiger partial charge is 0.191 e. The molecule has 21 heavy (non-hydrogen) atoms. The van der Waals surface area contributed by atoms with Gasteiger partial charge < -0.3 is 15.4 Å². The number of halogens is 2. The van der Waals surface area contributed by atoms with Crippen molar-refractivity contribution in [2.75, 3.05) is 20.2 Å². The predicted molar refractivity (Wildman–Crippen MR) is 93.6 cm³/mol. The van der Waals surface area contributed by atoms with Crippen molar-refractivity contribution in [1.82, 2.24) is 10.6 Å². The number of hydrogen-bond donors (Lipinski definition) is 2.